The summed E-state index contributed by atoms with van der Waals surface area (Å²) in [6.07, 6.45) is 3.05. The molecule has 0 spiro atoms. The normalized spacial score (nSPS) is 10.8. The molecule has 0 aliphatic carbocycles. The number of esters is 1. The van der Waals surface area contributed by atoms with E-state index in [4.69, 9.17) is 14.2 Å². The molecule has 2 aromatic rings. The van der Waals surface area contributed by atoms with E-state index in [2.05, 4.69) is 21.2 Å². The lowest BCUT2D eigenvalue weighted by Crippen LogP contribution is -2.12. The van der Waals surface area contributed by atoms with Crippen LogP contribution in [0.3, 0.4) is 0 Å². The lowest BCUT2D eigenvalue weighted by atomic mass is 10.1. The number of hydrogen-bond acceptors (Lipinski definition) is 6. The van der Waals surface area contributed by atoms with Gasteiger partial charge in [0.15, 0.2) is 11.5 Å². The number of thiophene rings is 1. The van der Waals surface area contributed by atoms with Gasteiger partial charge in [0.25, 0.3) is 0 Å². The third kappa shape index (κ3) is 4.94. The second-order valence-corrected chi connectivity index (χ2v) is 7.85. The number of benzene rings is 1. The van der Waals surface area contributed by atoms with Crippen molar-refractivity contribution in [2.24, 2.45) is 0 Å². The van der Waals surface area contributed by atoms with Crippen molar-refractivity contribution >= 4 is 50.2 Å². The van der Waals surface area contributed by atoms with E-state index < -0.39 is 5.97 Å². The van der Waals surface area contributed by atoms with E-state index in [1.165, 1.54) is 17.4 Å². The van der Waals surface area contributed by atoms with Gasteiger partial charge >= 0.3 is 5.97 Å². The van der Waals surface area contributed by atoms with Gasteiger partial charge in [0.05, 0.1) is 30.9 Å². The minimum atomic E-state index is -0.438. The molecule has 0 fully saturated rings. The lowest BCUT2D eigenvalue weighted by molar-refractivity contribution is -0.111. The average molecular weight is 468 g/mol. The number of nitrogens with one attached hydrogen (secondary N) is 1. The average Bonchev–Trinajstić information content (AvgIpc) is 2.93. The summed E-state index contributed by atoms with van der Waals surface area (Å²) in [7, 11) is 3.10. The molecule has 1 N–H and O–H groups in total. The Bertz CT molecular complexity index is 920. The molecule has 0 saturated heterocycles. The first-order chi connectivity index (χ1) is 13.3. The van der Waals surface area contributed by atoms with Gasteiger partial charge in [-0.3, -0.25) is 4.79 Å². The van der Waals surface area contributed by atoms with Gasteiger partial charge in [-0.25, -0.2) is 4.79 Å². The zero-order valence-corrected chi connectivity index (χ0v) is 18.7. The van der Waals surface area contributed by atoms with Crippen molar-refractivity contribution < 1.29 is 23.8 Å². The van der Waals surface area contributed by atoms with Crippen LogP contribution in [0.15, 0.2) is 22.7 Å². The fourth-order valence-electron chi connectivity index (χ4n) is 2.52. The molecule has 0 bridgehead atoms. The van der Waals surface area contributed by atoms with Crippen LogP contribution in [0.2, 0.25) is 0 Å². The highest BCUT2D eigenvalue weighted by Gasteiger charge is 2.21. The van der Waals surface area contributed by atoms with Gasteiger partial charge in [-0.1, -0.05) is 0 Å². The number of aryl methyl sites for hydroxylation is 1. The molecule has 0 saturated carbocycles. The highest BCUT2D eigenvalue weighted by Crippen LogP contribution is 2.37. The Morgan fingerprint density at radius 3 is 2.54 bits per heavy atom. The van der Waals surface area contributed by atoms with Crippen molar-refractivity contribution in [2.75, 3.05) is 26.1 Å². The van der Waals surface area contributed by atoms with Gasteiger partial charge in [-0.15, -0.1) is 11.3 Å². The minimum absolute atomic E-state index is 0.272. The molecule has 150 valence electrons. The summed E-state index contributed by atoms with van der Waals surface area (Å²) in [6.45, 7) is 5.75. The van der Waals surface area contributed by atoms with Crippen LogP contribution in [-0.2, 0) is 9.53 Å². The zero-order valence-electron chi connectivity index (χ0n) is 16.3. The maximum absolute atomic E-state index is 12.4. The fraction of sp³-hybridized carbons (Fsp3) is 0.300. The number of carbonyl (C=O) groups is 2. The molecule has 8 heteroatoms. The van der Waals surface area contributed by atoms with Crippen LogP contribution >= 0.6 is 27.3 Å². The first-order valence-electron chi connectivity index (χ1n) is 8.50. The molecular formula is C20H22BrNO5S. The Labute approximate surface area is 176 Å². The van der Waals surface area contributed by atoms with Gasteiger partial charge in [-0.2, -0.15) is 0 Å². The summed E-state index contributed by atoms with van der Waals surface area (Å²) in [4.78, 5) is 25.6. The highest BCUT2D eigenvalue weighted by atomic mass is 79.9. The summed E-state index contributed by atoms with van der Waals surface area (Å²) in [5.74, 6) is 0.337. The van der Waals surface area contributed by atoms with Crippen LogP contribution in [-0.4, -0.2) is 32.7 Å². The minimum Gasteiger partial charge on any atom is -0.493 e. The number of ether oxygens (including phenoxy) is 3. The Morgan fingerprint density at radius 1 is 1.21 bits per heavy atom. The van der Waals surface area contributed by atoms with E-state index in [1.807, 2.05) is 19.9 Å². The Kier molecular flexibility index (Phi) is 7.65. The predicted molar refractivity (Wildman–Crippen MR) is 115 cm³/mol. The molecular weight excluding hydrogens is 446 g/mol. The van der Waals surface area contributed by atoms with E-state index >= 15 is 0 Å². The van der Waals surface area contributed by atoms with Crippen molar-refractivity contribution in [3.8, 4) is 11.5 Å². The lowest BCUT2D eigenvalue weighted by Gasteiger charge is -2.10. The molecule has 1 amide bonds. The van der Waals surface area contributed by atoms with Gasteiger partial charge in [0.2, 0.25) is 5.91 Å². The molecule has 0 atom stereocenters. The van der Waals surface area contributed by atoms with Crippen molar-refractivity contribution in [3.63, 3.8) is 0 Å². The first-order valence-corrected chi connectivity index (χ1v) is 10.1. The highest BCUT2D eigenvalue weighted by molar-refractivity contribution is 9.10. The molecule has 1 aromatic heterocycles. The van der Waals surface area contributed by atoms with Crippen molar-refractivity contribution in [1.82, 2.24) is 0 Å². The second kappa shape index (κ2) is 9.75. The molecule has 1 heterocycles. The number of hydrogen-bond donors (Lipinski definition) is 1. The first kappa shape index (κ1) is 22.0. The van der Waals surface area contributed by atoms with Gasteiger partial charge in [0, 0.05) is 11.0 Å². The number of carbonyl (C=O) groups excluding carboxylic acids is 2. The van der Waals surface area contributed by atoms with Gasteiger partial charge < -0.3 is 19.5 Å². The van der Waals surface area contributed by atoms with Gasteiger partial charge in [-0.05, 0) is 66.0 Å². The van der Waals surface area contributed by atoms with E-state index in [0.29, 0.717) is 26.5 Å². The smallest absolute Gasteiger partial charge is 0.341 e. The Hall–Kier alpha value is -2.32. The number of methoxy groups -OCH3 is 2. The molecule has 0 aliphatic heterocycles. The SMILES string of the molecule is CCOC(=O)c1c(NC(=O)/C=C/c2cc(Br)c(OC)c(OC)c2)sc(C)c1C. The van der Waals surface area contributed by atoms with E-state index in [1.54, 1.807) is 33.3 Å². The van der Waals surface area contributed by atoms with Crippen LogP contribution in [0, 0.1) is 13.8 Å². The Morgan fingerprint density at radius 2 is 1.93 bits per heavy atom. The van der Waals surface area contributed by atoms with Gasteiger partial charge in [0.1, 0.15) is 5.00 Å². The molecule has 1 aromatic carbocycles. The van der Waals surface area contributed by atoms with Crippen LogP contribution in [0.25, 0.3) is 6.08 Å². The van der Waals surface area contributed by atoms with Crippen LogP contribution < -0.4 is 14.8 Å². The fourth-order valence-corrected chi connectivity index (χ4v) is 4.20. The zero-order chi connectivity index (χ0) is 20.8. The summed E-state index contributed by atoms with van der Waals surface area (Å²) in [5, 5.41) is 3.25. The predicted octanol–water partition coefficient (Wildman–Crippen LogP) is 4.97. The van der Waals surface area contributed by atoms with E-state index in [-0.39, 0.29) is 12.5 Å². The number of rotatable bonds is 7. The molecule has 0 unspecified atom stereocenters. The quantitative estimate of drug-likeness (QED) is 0.459. The van der Waals surface area contributed by atoms with Crippen molar-refractivity contribution in [2.45, 2.75) is 20.8 Å². The third-order valence-corrected chi connectivity index (χ3v) is 5.70. The maximum atomic E-state index is 12.4. The topological polar surface area (TPSA) is 73.9 Å². The standard InChI is InChI=1S/C20H22BrNO5S/c1-6-27-20(24)17-11(2)12(3)28-19(17)22-16(23)8-7-13-9-14(21)18(26-5)15(10-13)25-4/h7-10H,6H2,1-5H3,(H,22,23)/b8-7+. The molecule has 28 heavy (non-hydrogen) atoms. The molecule has 0 radical (unpaired) electrons. The molecule has 6 nitrogen and oxygen atoms in total. The third-order valence-electron chi connectivity index (χ3n) is 3.98. The molecule has 2 rings (SSSR count). The number of amides is 1. The van der Waals surface area contributed by atoms with Crippen LogP contribution in [0.1, 0.15) is 33.3 Å². The number of halogens is 1. The van der Waals surface area contributed by atoms with Crippen molar-refractivity contribution in [1.29, 1.82) is 0 Å². The second-order valence-electron chi connectivity index (χ2n) is 5.77. The largest absolute Gasteiger partial charge is 0.493 e. The van der Waals surface area contributed by atoms with Crippen LogP contribution in [0.4, 0.5) is 5.00 Å². The summed E-state index contributed by atoms with van der Waals surface area (Å²) in [6, 6.07) is 3.57. The molecule has 0 aliphatic rings. The number of anilines is 1. The van der Waals surface area contributed by atoms with E-state index in [0.717, 1.165) is 16.0 Å². The maximum Gasteiger partial charge on any atom is 0.341 e. The van der Waals surface area contributed by atoms with Crippen LogP contribution in [0.5, 0.6) is 11.5 Å². The van der Waals surface area contributed by atoms with Crippen molar-refractivity contribution in [3.05, 3.63) is 44.2 Å². The van der Waals surface area contributed by atoms with E-state index in [9.17, 15) is 9.59 Å². The monoisotopic (exact) mass is 467 g/mol. The Balaban J connectivity index is 2.22. The summed E-state index contributed by atoms with van der Waals surface area (Å²) in [5.41, 5.74) is 1.97. The summed E-state index contributed by atoms with van der Waals surface area (Å²) < 4.78 is 16.4. The summed E-state index contributed by atoms with van der Waals surface area (Å²) >= 11 is 4.77.